The summed E-state index contributed by atoms with van der Waals surface area (Å²) in [5, 5.41) is 4.59. The van der Waals surface area contributed by atoms with E-state index < -0.39 is 0 Å². The summed E-state index contributed by atoms with van der Waals surface area (Å²) in [6, 6.07) is 21.0. The van der Waals surface area contributed by atoms with Crippen molar-refractivity contribution in [3.63, 3.8) is 0 Å². The molecule has 0 saturated heterocycles. The van der Waals surface area contributed by atoms with Crippen LogP contribution in [0.2, 0.25) is 0 Å². The Morgan fingerprint density at radius 1 is 0.786 bits per heavy atom. The van der Waals surface area contributed by atoms with E-state index in [2.05, 4.69) is 66.8 Å². The van der Waals surface area contributed by atoms with Gasteiger partial charge >= 0.3 is 5.97 Å². The molecule has 0 atom stereocenters. The minimum absolute atomic E-state index is 0.273. The number of carbonyl (C=O) groups excluding carboxylic acids is 1. The zero-order valence-corrected chi connectivity index (χ0v) is 16.2. The number of pyridine rings is 1. The van der Waals surface area contributed by atoms with Crippen LogP contribution in [0.3, 0.4) is 0 Å². The van der Waals surface area contributed by atoms with Crippen molar-refractivity contribution < 1.29 is 9.53 Å². The largest absolute Gasteiger partial charge is 0.462 e. The van der Waals surface area contributed by atoms with Gasteiger partial charge in [-0.1, -0.05) is 30.3 Å². The van der Waals surface area contributed by atoms with Crippen molar-refractivity contribution in [2.75, 3.05) is 6.61 Å². The van der Waals surface area contributed by atoms with E-state index in [1.54, 1.807) is 0 Å². The smallest absolute Gasteiger partial charge is 0.338 e. The van der Waals surface area contributed by atoms with Crippen LogP contribution in [-0.4, -0.2) is 17.0 Å². The van der Waals surface area contributed by atoms with Gasteiger partial charge in [0.25, 0.3) is 0 Å². The molecular formula is C25H21NO2. The van der Waals surface area contributed by atoms with E-state index in [-0.39, 0.29) is 5.97 Å². The monoisotopic (exact) mass is 367 g/mol. The molecule has 0 aliphatic heterocycles. The van der Waals surface area contributed by atoms with Gasteiger partial charge < -0.3 is 9.14 Å². The molecule has 0 aliphatic carbocycles. The molecule has 0 aliphatic rings. The molecule has 3 aromatic carbocycles. The molecular weight excluding hydrogens is 346 g/mol. The highest BCUT2D eigenvalue weighted by Crippen LogP contribution is 2.36. The average Bonchev–Trinajstić information content (AvgIpc) is 3.09. The van der Waals surface area contributed by atoms with Crippen molar-refractivity contribution in [2.24, 2.45) is 0 Å². The summed E-state index contributed by atoms with van der Waals surface area (Å²) in [6.07, 6.45) is 0. The first-order chi connectivity index (χ1) is 13.6. The lowest BCUT2D eigenvalue weighted by Crippen LogP contribution is -2.04. The fourth-order valence-corrected chi connectivity index (χ4v) is 4.22. The first-order valence-corrected chi connectivity index (χ1v) is 9.63. The number of esters is 1. The molecule has 0 fully saturated rings. The third kappa shape index (κ3) is 2.26. The second kappa shape index (κ2) is 6.10. The quantitative estimate of drug-likeness (QED) is 0.275. The van der Waals surface area contributed by atoms with Crippen LogP contribution in [0, 0.1) is 13.8 Å². The molecule has 0 unspecified atom stereocenters. The van der Waals surface area contributed by atoms with Gasteiger partial charge in [-0.2, -0.15) is 0 Å². The summed E-state index contributed by atoms with van der Waals surface area (Å²) < 4.78 is 7.56. The summed E-state index contributed by atoms with van der Waals surface area (Å²) >= 11 is 0. The molecule has 2 heterocycles. The van der Waals surface area contributed by atoms with E-state index >= 15 is 0 Å². The van der Waals surface area contributed by atoms with Crippen LogP contribution in [0.4, 0.5) is 0 Å². The highest BCUT2D eigenvalue weighted by Gasteiger charge is 2.17. The van der Waals surface area contributed by atoms with Crippen LogP contribution in [0.15, 0.2) is 60.7 Å². The fraction of sp³-hybridized carbons (Fsp3) is 0.160. The molecule has 0 spiro atoms. The molecule has 0 N–H and O–H groups in total. The van der Waals surface area contributed by atoms with E-state index in [4.69, 9.17) is 4.74 Å². The normalized spacial score (nSPS) is 11.7. The minimum Gasteiger partial charge on any atom is -0.462 e. The Labute approximate surface area is 163 Å². The third-order valence-electron chi connectivity index (χ3n) is 5.69. The van der Waals surface area contributed by atoms with Crippen molar-refractivity contribution >= 4 is 44.1 Å². The Kier molecular flexibility index (Phi) is 3.66. The number of rotatable bonds is 2. The van der Waals surface area contributed by atoms with Gasteiger partial charge in [0.2, 0.25) is 0 Å². The molecule has 0 amide bonds. The van der Waals surface area contributed by atoms with Crippen LogP contribution in [0.5, 0.6) is 0 Å². The zero-order chi connectivity index (χ0) is 19.4. The van der Waals surface area contributed by atoms with E-state index in [1.807, 2.05) is 19.1 Å². The molecule has 0 saturated carbocycles. The fourth-order valence-electron chi connectivity index (χ4n) is 4.22. The van der Waals surface area contributed by atoms with Gasteiger partial charge in [0.05, 0.1) is 28.7 Å². The minimum atomic E-state index is -0.273. The number of nitrogens with zero attached hydrogens (tertiary/aromatic N) is 1. The Bertz CT molecular complexity index is 1410. The van der Waals surface area contributed by atoms with Crippen LogP contribution < -0.4 is 0 Å². The van der Waals surface area contributed by atoms with Crippen molar-refractivity contribution in [2.45, 2.75) is 20.8 Å². The summed E-state index contributed by atoms with van der Waals surface area (Å²) in [5.74, 6) is -0.273. The highest BCUT2D eigenvalue weighted by molar-refractivity contribution is 6.17. The summed E-state index contributed by atoms with van der Waals surface area (Å²) in [6.45, 7) is 6.50. The maximum Gasteiger partial charge on any atom is 0.338 e. The van der Waals surface area contributed by atoms with Gasteiger partial charge in [-0.05, 0) is 67.6 Å². The van der Waals surface area contributed by atoms with E-state index in [9.17, 15) is 4.79 Å². The predicted molar refractivity (Wildman–Crippen MR) is 115 cm³/mol. The molecule has 2 aromatic heterocycles. The number of hydrogen-bond acceptors (Lipinski definition) is 2. The second-order valence-electron chi connectivity index (χ2n) is 7.32. The maximum absolute atomic E-state index is 12.5. The van der Waals surface area contributed by atoms with Crippen molar-refractivity contribution in [1.82, 2.24) is 4.40 Å². The Morgan fingerprint density at radius 2 is 1.46 bits per heavy atom. The Hall–Kier alpha value is -3.33. The van der Waals surface area contributed by atoms with Crippen LogP contribution in [0.1, 0.15) is 28.4 Å². The second-order valence-corrected chi connectivity index (χ2v) is 7.32. The lowest BCUT2D eigenvalue weighted by molar-refractivity contribution is 0.0528. The number of fused-ring (bicyclic) bond motifs is 8. The maximum atomic E-state index is 12.5. The SMILES string of the molecule is CCOC(=O)c1cccc2c1cc1c3cc(C)c(C)cc3c3ccccc3n21. The first-order valence-electron chi connectivity index (χ1n) is 9.63. The summed E-state index contributed by atoms with van der Waals surface area (Å²) in [5.41, 5.74) is 6.44. The van der Waals surface area contributed by atoms with Crippen LogP contribution in [0.25, 0.3) is 38.1 Å². The number of carbonyl (C=O) groups is 1. The van der Waals surface area contributed by atoms with Crippen molar-refractivity contribution in [3.8, 4) is 0 Å². The van der Waals surface area contributed by atoms with E-state index in [1.165, 1.54) is 27.3 Å². The molecule has 3 nitrogen and oxygen atoms in total. The molecule has 5 rings (SSSR count). The van der Waals surface area contributed by atoms with Gasteiger partial charge in [-0.3, -0.25) is 0 Å². The summed E-state index contributed by atoms with van der Waals surface area (Å²) in [4.78, 5) is 12.5. The number of ether oxygens (including phenoxy) is 1. The van der Waals surface area contributed by atoms with Gasteiger partial charge in [-0.15, -0.1) is 0 Å². The molecule has 3 heteroatoms. The van der Waals surface area contributed by atoms with Crippen LogP contribution in [-0.2, 0) is 4.74 Å². The lowest BCUT2D eigenvalue weighted by Gasteiger charge is -2.12. The Balaban J connectivity index is 2.04. The highest BCUT2D eigenvalue weighted by atomic mass is 16.5. The van der Waals surface area contributed by atoms with E-state index in [0.717, 1.165) is 21.9 Å². The zero-order valence-electron chi connectivity index (χ0n) is 16.2. The van der Waals surface area contributed by atoms with E-state index in [0.29, 0.717) is 12.2 Å². The molecule has 28 heavy (non-hydrogen) atoms. The van der Waals surface area contributed by atoms with Gasteiger partial charge in [0.15, 0.2) is 0 Å². The van der Waals surface area contributed by atoms with Gasteiger partial charge in [-0.25, -0.2) is 4.79 Å². The number of aromatic nitrogens is 1. The van der Waals surface area contributed by atoms with Crippen molar-refractivity contribution in [3.05, 3.63) is 77.4 Å². The average molecular weight is 367 g/mol. The Morgan fingerprint density at radius 3 is 2.25 bits per heavy atom. The molecule has 0 radical (unpaired) electrons. The number of benzene rings is 3. The number of para-hydroxylation sites is 1. The van der Waals surface area contributed by atoms with Gasteiger partial charge in [0.1, 0.15) is 0 Å². The standard InChI is InChI=1S/C25H21NO2/c1-4-28-25(27)18-9-7-11-23-21(18)14-24-20-13-16(3)15(2)12-19(20)17-8-5-6-10-22(17)26(23)24/h5-14H,4H2,1-3H3. The molecule has 0 bridgehead atoms. The van der Waals surface area contributed by atoms with Crippen LogP contribution >= 0.6 is 0 Å². The lowest BCUT2D eigenvalue weighted by atomic mass is 9.99. The third-order valence-corrected chi connectivity index (χ3v) is 5.69. The molecule has 138 valence electrons. The molecule has 5 aromatic rings. The topological polar surface area (TPSA) is 30.7 Å². The van der Waals surface area contributed by atoms with Crippen molar-refractivity contribution in [1.29, 1.82) is 0 Å². The predicted octanol–water partition coefficient (Wildman–Crippen LogP) is 6.19. The van der Waals surface area contributed by atoms with Gasteiger partial charge in [0, 0.05) is 16.2 Å². The first kappa shape index (κ1) is 16.8. The number of hydrogen-bond donors (Lipinski definition) is 0. The summed E-state index contributed by atoms with van der Waals surface area (Å²) in [7, 11) is 0. The number of aryl methyl sites for hydroxylation is 2.